The van der Waals surface area contributed by atoms with Crippen molar-refractivity contribution in [3.8, 4) is 0 Å². The summed E-state index contributed by atoms with van der Waals surface area (Å²) >= 11 is 5.41. The maximum Gasteiger partial charge on any atom is 0.0772 e. The van der Waals surface area contributed by atoms with Gasteiger partial charge in [0.05, 0.1) is 6.10 Å². The maximum absolute atomic E-state index is 9.61. The number of anilines is 1. The number of thioether (sulfide) groups is 1. The van der Waals surface area contributed by atoms with E-state index in [9.17, 15) is 5.11 Å². The van der Waals surface area contributed by atoms with E-state index in [0.29, 0.717) is 6.04 Å². The SMILES string of the molecule is CSCCC(C)N(C)c1ccc([C@@H](C)O)c(Br)c1. The molecule has 0 amide bonds. The van der Waals surface area contributed by atoms with Crippen LogP contribution in [-0.4, -0.2) is 30.2 Å². The van der Waals surface area contributed by atoms with Crippen molar-refractivity contribution in [2.45, 2.75) is 32.4 Å². The quantitative estimate of drug-likeness (QED) is 0.849. The van der Waals surface area contributed by atoms with E-state index >= 15 is 0 Å². The number of hydrogen-bond acceptors (Lipinski definition) is 3. The van der Waals surface area contributed by atoms with Crippen LogP contribution in [0.5, 0.6) is 0 Å². The number of halogens is 1. The normalized spacial score (nSPS) is 14.3. The summed E-state index contributed by atoms with van der Waals surface area (Å²) in [6, 6.07) is 6.66. The van der Waals surface area contributed by atoms with Crippen molar-refractivity contribution in [3.05, 3.63) is 28.2 Å². The Morgan fingerprint density at radius 2 is 2.06 bits per heavy atom. The average molecular weight is 332 g/mol. The van der Waals surface area contributed by atoms with Crippen LogP contribution in [0.1, 0.15) is 31.9 Å². The van der Waals surface area contributed by atoms with Crippen LogP contribution in [-0.2, 0) is 0 Å². The van der Waals surface area contributed by atoms with Crippen LogP contribution < -0.4 is 4.90 Å². The lowest BCUT2D eigenvalue weighted by Gasteiger charge is -2.27. The molecule has 2 atom stereocenters. The third-order valence-electron chi connectivity index (χ3n) is 3.24. The summed E-state index contributed by atoms with van der Waals surface area (Å²) in [7, 11) is 2.12. The van der Waals surface area contributed by atoms with Gasteiger partial charge in [-0.1, -0.05) is 22.0 Å². The predicted octanol–water partition coefficient (Wildman–Crippen LogP) is 4.08. The zero-order valence-electron chi connectivity index (χ0n) is 11.5. The molecular formula is C14H22BrNOS. The molecule has 0 aliphatic carbocycles. The van der Waals surface area contributed by atoms with Gasteiger partial charge in [0, 0.05) is 23.2 Å². The standard InChI is InChI=1S/C14H22BrNOS/c1-10(7-8-18-4)16(3)12-5-6-13(11(2)17)14(15)9-12/h5-6,9-11,17H,7-8H2,1-4H3/t10?,11-/m1/s1. The van der Waals surface area contributed by atoms with Crippen LogP contribution in [0.4, 0.5) is 5.69 Å². The average Bonchev–Trinajstić information content (AvgIpc) is 2.34. The minimum absolute atomic E-state index is 0.437. The fraction of sp³-hybridized carbons (Fsp3) is 0.571. The van der Waals surface area contributed by atoms with E-state index in [0.717, 1.165) is 10.0 Å². The van der Waals surface area contributed by atoms with E-state index in [4.69, 9.17) is 0 Å². The van der Waals surface area contributed by atoms with E-state index in [2.05, 4.69) is 53.2 Å². The first-order valence-electron chi connectivity index (χ1n) is 6.16. The van der Waals surface area contributed by atoms with E-state index in [-0.39, 0.29) is 0 Å². The number of rotatable bonds is 6. The lowest BCUT2D eigenvalue weighted by atomic mass is 10.1. The summed E-state index contributed by atoms with van der Waals surface area (Å²) in [4.78, 5) is 2.28. The van der Waals surface area contributed by atoms with Crippen molar-refractivity contribution in [3.63, 3.8) is 0 Å². The first-order valence-corrected chi connectivity index (χ1v) is 8.35. The van der Waals surface area contributed by atoms with Crippen molar-refractivity contribution in [1.29, 1.82) is 0 Å². The highest BCUT2D eigenvalue weighted by molar-refractivity contribution is 9.10. The summed E-state index contributed by atoms with van der Waals surface area (Å²) in [6.45, 7) is 4.03. The Labute approximate surface area is 123 Å². The summed E-state index contributed by atoms with van der Waals surface area (Å²) in [6.07, 6.45) is 2.88. The highest BCUT2D eigenvalue weighted by Gasteiger charge is 2.12. The first kappa shape index (κ1) is 15.9. The molecule has 102 valence electrons. The Morgan fingerprint density at radius 1 is 1.39 bits per heavy atom. The van der Waals surface area contributed by atoms with E-state index < -0.39 is 6.10 Å². The van der Waals surface area contributed by atoms with E-state index in [1.165, 1.54) is 17.9 Å². The third-order valence-corrected chi connectivity index (χ3v) is 4.57. The number of benzene rings is 1. The largest absolute Gasteiger partial charge is 0.389 e. The van der Waals surface area contributed by atoms with Crippen molar-refractivity contribution < 1.29 is 5.11 Å². The van der Waals surface area contributed by atoms with Crippen LogP contribution in [0.3, 0.4) is 0 Å². The van der Waals surface area contributed by atoms with E-state index in [1.54, 1.807) is 6.92 Å². The molecule has 0 aliphatic rings. The molecule has 0 radical (unpaired) electrons. The zero-order chi connectivity index (χ0) is 13.7. The third kappa shape index (κ3) is 4.18. The number of hydrogen-bond donors (Lipinski definition) is 1. The minimum Gasteiger partial charge on any atom is -0.389 e. The summed E-state index contributed by atoms with van der Waals surface area (Å²) < 4.78 is 0.971. The first-order chi connectivity index (χ1) is 8.47. The Balaban J connectivity index is 2.80. The van der Waals surface area contributed by atoms with Crippen LogP contribution in [0.25, 0.3) is 0 Å². The number of aliphatic hydroxyl groups excluding tert-OH is 1. The second-order valence-electron chi connectivity index (χ2n) is 4.62. The summed E-state index contributed by atoms with van der Waals surface area (Å²) in [5.74, 6) is 1.18. The van der Waals surface area contributed by atoms with Gasteiger partial charge in [0.1, 0.15) is 0 Å². The molecule has 0 heterocycles. The van der Waals surface area contributed by atoms with Crippen LogP contribution in [0.15, 0.2) is 22.7 Å². The molecule has 2 nitrogen and oxygen atoms in total. The molecule has 0 saturated carbocycles. The minimum atomic E-state index is -0.437. The van der Waals surface area contributed by atoms with Gasteiger partial charge in [-0.15, -0.1) is 0 Å². The topological polar surface area (TPSA) is 23.5 Å². The fourth-order valence-electron chi connectivity index (χ4n) is 1.81. The van der Waals surface area contributed by atoms with Gasteiger partial charge in [0.2, 0.25) is 0 Å². The molecule has 1 unspecified atom stereocenters. The highest BCUT2D eigenvalue weighted by atomic mass is 79.9. The molecule has 1 N–H and O–H groups in total. The molecule has 18 heavy (non-hydrogen) atoms. The Morgan fingerprint density at radius 3 is 2.56 bits per heavy atom. The maximum atomic E-state index is 9.61. The molecule has 0 fully saturated rings. The second-order valence-corrected chi connectivity index (χ2v) is 6.46. The molecule has 1 aromatic rings. The molecule has 0 aliphatic heterocycles. The van der Waals surface area contributed by atoms with Crippen molar-refractivity contribution in [1.82, 2.24) is 0 Å². The second kappa shape index (κ2) is 7.41. The van der Waals surface area contributed by atoms with E-state index in [1.807, 2.05) is 17.8 Å². The van der Waals surface area contributed by atoms with Gasteiger partial charge in [-0.2, -0.15) is 11.8 Å². The van der Waals surface area contributed by atoms with Crippen molar-refractivity contribution in [2.75, 3.05) is 24.0 Å². The Bertz CT molecular complexity index is 384. The molecule has 0 saturated heterocycles. The number of aliphatic hydroxyl groups is 1. The Kier molecular flexibility index (Phi) is 6.53. The molecule has 4 heteroatoms. The van der Waals surface area contributed by atoms with Crippen molar-refractivity contribution >= 4 is 33.4 Å². The molecule has 1 aromatic carbocycles. The van der Waals surface area contributed by atoms with Crippen LogP contribution >= 0.6 is 27.7 Å². The number of nitrogens with zero attached hydrogens (tertiary/aromatic N) is 1. The lowest BCUT2D eigenvalue weighted by molar-refractivity contribution is 0.198. The summed E-state index contributed by atoms with van der Waals surface area (Å²) in [5, 5.41) is 9.61. The predicted molar refractivity (Wildman–Crippen MR) is 85.6 cm³/mol. The van der Waals surface area contributed by atoms with Gasteiger partial charge in [-0.05, 0) is 50.0 Å². The monoisotopic (exact) mass is 331 g/mol. The van der Waals surface area contributed by atoms with Crippen LogP contribution in [0, 0.1) is 0 Å². The van der Waals surface area contributed by atoms with Crippen LogP contribution in [0.2, 0.25) is 0 Å². The molecule has 0 spiro atoms. The molecule has 1 rings (SSSR count). The van der Waals surface area contributed by atoms with Gasteiger partial charge in [0.25, 0.3) is 0 Å². The van der Waals surface area contributed by atoms with Gasteiger partial charge in [-0.25, -0.2) is 0 Å². The highest BCUT2D eigenvalue weighted by Crippen LogP contribution is 2.28. The lowest BCUT2D eigenvalue weighted by Crippen LogP contribution is -2.29. The molecule has 0 bridgehead atoms. The van der Waals surface area contributed by atoms with Gasteiger partial charge in [-0.3, -0.25) is 0 Å². The van der Waals surface area contributed by atoms with Gasteiger partial charge < -0.3 is 10.0 Å². The van der Waals surface area contributed by atoms with Gasteiger partial charge >= 0.3 is 0 Å². The van der Waals surface area contributed by atoms with Crippen molar-refractivity contribution in [2.24, 2.45) is 0 Å². The smallest absolute Gasteiger partial charge is 0.0772 e. The van der Waals surface area contributed by atoms with Gasteiger partial charge in [0.15, 0.2) is 0 Å². The summed E-state index contributed by atoms with van der Waals surface area (Å²) in [5.41, 5.74) is 2.11. The zero-order valence-corrected chi connectivity index (χ0v) is 13.9. The Hall–Kier alpha value is -0.190. The molecular weight excluding hydrogens is 310 g/mol. The molecule has 0 aromatic heterocycles. The fourth-order valence-corrected chi connectivity index (χ4v) is 3.09.